The van der Waals surface area contributed by atoms with Crippen molar-refractivity contribution in [3.05, 3.63) is 46.7 Å². The zero-order chi connectivity index (χ0) is 14.0. The van der Waals surface area contributed by atoms with Gasteiger partial charge in [-0.2, -0.15) is 0 Å². The van der Waals surface area contributed by atoms with E-state index >= 15 is 0 Å². The average molecular weight is 279 g/mol. The van der Waals surface area contributed by atoms with Crippen molar-refractivity contribution < 1.29 is 15.0 Å². The van der Waals surface area contributed by atoms with Gasteiger partial charge in [-0.15, -0.1) is 0 Å². The summed E-state index contributed by atoms with van der Waals surface area (Å²) in [6.07, 6.45) is 0. The molecule has 1 aromatic heterocycles. The smallest absolute Gasteiger partial charge is 0.259 e. The number of hydrogen-bond donors (Lipinski definition) is 3. The fourth-order valence-electron chi connectivity index (χ4n) is 1.56. The molecule has 2 rings (SSSR count). The number of phenols is 2. The molecule has 0 aliphatic rings. The standard InChI is InChI=1S/C13H11ClN2O3/c1-7-10(3-5-12(14)15-7)16-13(19)9-6-8(17)2-4-11(9)18/h2-6,17-18H,1H3,(H,16,19). The van der Waals surface area contributed by atoms with E-state index in [1.165, 1.54) is 18.2 Å². The molecular weight excluding hydrogens is 268 g/mol. The number of carbonyl (C=O) groups excluding carboxylic acids is 1. The van der Waals surface area contributed by atoms with Crippen LogP contribution in [-0.4, -0.2) is 21.1 Å². The van der Waals surface area contributed by atoms with Crippen molar-refractivity contribution in [2.75, 3.05) is 5.32 Å². The van der Waals surface area contributed by atoms with Gasteiger partial charge in [0.1, 0.15) is 16.7 Å². The molecule has 98 valence electrons. The second kappa shape index (κ2) is 5.16. The predicted molar refractivity (Wildman–Crippen MR) is 71.7 cm³/mol. The molecule has 0 spiro atoms. The van der Waals surface area contributed by atoms with Crippen molar-refractivity contribution in [1.82, 2.24) is 4.98 Å². The number of nitrogens with one attached hydrogen (secondary N) is 1. The molecule has 0 aliphatic carbocycles. The first-order valence-electron chi connectivity index (χ1n) is 5.44. The highest BCUT2D eigenvalue weighted by Crippen LogP contribution is 2.24. The van der Waals surface area contributed by atoms with E-state index in [1.54, 1.807) is 19.1 Å². The Bertz CT molecular complexity index is 644. The lowest BCUT2D eigenvalue weighted by Crippen LogP contribution is -2.13. The average Bonchev–Trinajstić information content (AvgIpc) is 2.35. The van der Waals surface area contributed by atoms with Gasteiger partial charge in [-0.25, -0.2) is 4.98 Å². The van der Waals surface area contributed by atoms with Crippen LogP contribution in [0, 0.1) is 6.92 Å². The van der Waals surface area contributed by atoms with Gasteiger partial charge in [-0.05, 0) is 37.3 Å². The highest BCUT2D eigenvalue weighted by atomic mass is 35.5. The van der Waals surface area contributed by atoms with Crippen molar-refractivity contribution in [3.8, 4) is 11.5 Å². The number of carbonyl (C=O) groups is 1. The monoisotopic (exact) mass is 278 g/mol. The Balaban J connectivity index is 2.28. The summed E-state index contributed by atoms with van der Waals surface area (Å²) < 4.78 is 0. The molecule has 1 amide bonds. The molecular formula is C13H11ClN2O3. The Morgan fingerprint density at radius 1 is 1.26 bits per heavy atom. The number of amides is 1. The first kappa shape index (κ1) is 13.2. The van der Waals surface area contributed by atoms with Crippen LogP contribution < -0.4 is 5.32 Å². The first-order valence-corrected chi connectivity index (χ1v) is 5.81. The quantitative estimate of drug-likeness (QED) is 0.583. The van der Waals surface area contributed by atoms with Gasteiger partial charge in [0.05, 0.1) is 16.9 Å². The van der Waals surface area contributed by atoms with Gasteiger partial charge in [0.15, 0.2) is 0 Å². The highest BCUT2D eigenvalue weighted by molar-refractivity contribution is 6.29. The maximum absolute atomic E-state index is 12.0. The summed E-state index contributed by atoms with van der Waals surface area (Å²) in [6.45, 7) is 1.70. The van der Waals surface area contributed by atoms with Gasteiger partial charge < -0.3 is 15.5 Å². The van der Waals surface area contributed by atoms with E-state index in [9.17, 15) is 15.0 Å². The third-order valence-electron chi connectivity index (χ3n) is 2.52. The van der Waals surface area contributed by atoms with E-state index in [0.29, 0.717) is 16.5 Å². The van der Waals surface area contributed by atoms with E-state index < -0.39 is 5.91 Å². The largest absolute Gasteiger partial charge is 0.508 e. The molecule has 0 saturated heterocycles. The zero-order valence-corrected chi connectivity index (χ0v) is 10.8. The van der Waals surface area contributed by atoms with Crippen molar-refractivity contribution in [3.63, 3.8) is 0 Å². The van der Waals surface area contributed by atoms with E-state index in [4.69, 9.17) is 11.6 Å². The van der Waals surface area contributed by atoms with Gasteiger partial charge in [-0.1, -0.05) is 11.6 Å². The van der Waals surface area contributed by atoms with E-state index in [-0.39, 0.29) is 17.1 Å². The molecule has 0 unspecified atom stereocenters. The summed E-state index contributed by atoms with van der Waals surface area (Å²) in [4.78, 5) is 16.0. The Kier molecular flexibility index (Phi) is 3.57. The molecule has 19 heavy (non-hydrogen) atoms. The molecule has 0 saturated carbocycles. The SMILES string of the molecule is Cc1nc(Cl)ccc1NC(=O)c1cc(O)ccc1O. The summed E-state index contributed by atoms with van der Waals surface area (Å²) in [7, 11) is 0. The van der Waals surface area contributed by atoms with Crippen LogP contribution in [0.5, 0.6) is 11.5 Å². The van der Waals surface area contributed by atoms with Gasteiger partial charge in [0, 0.05) is 0 Å². The summed E-state index contributed by atoms with van der Waals surface area (Å²) in [6, 6.07) is 6.89. The zero-order valence-electron chi connectivity index (χ0n) is 10.0. The van der Waals surface area contributed by atoms with Crippen molar-refractivity contribution in [2.24, 2.45) is 0 Å². The molecule has 5 nitrogen and oxygen atoms in total. The number of rotatable bonds is 2. The number of aromatic hydroxyl groups is 2. The lowest BCUT2D eigenvalue weighted by atomic mass is 10.1. The van der Waals surface area contributed by atoms with Crippen LogP contribution >= 0.6 is 11.6 Å². The van der Waals surface area contributed by atoms with Gasteiger partial charge >= 0.3 is 0 Å². The Morgan fingerprint density at radius 3 is 2.68 bits per heavy atom. The number of phenolic OH excluding ortho intramolecular Hbond substituents is 2. The predicted octanol–water partition coefficient (Wildman–Crippen LogP) is 2.71. The fraction of sp³-hybridized carbons (Fsp3) is 0.0769. The van der Waals surface area contributed by atoms with Crippen LogP contribution in [0.4, 0.5) is 5.69 Å². The fourth-order valence-corrected chi connectivity index (χ4v) is 1.75. The van der Waals surface area contributed by atoms with Crippen LogP contribution in [0.25, 0.3) is 0 Å². The molecule has 1 aromatic carbocycles. The Hall–Kier alpha value is -2.27. The van der Waals surface area contributed by atoms with Crippen LogP contribution in [0.3, 0.4) is 0 Å². The van der Waals surface area contributed by atoms with Crippen LogP contribution in [0.2, 0.25) is 5.15 Å². The highest BCUT2D eigenvalue weighted by Gasteiger charge is 2.13. The summed E-state index contributed by atoms with van der Waals surface area (Å²) in [5, 5.41) is 21.8. The second-order valence-corrected chi connectivity index (χ2v) is 4.31. The number of anilines is 1. The summed E-state index contributed by atoms with van der Waals surface area (Å²) in [5.74, 6) is -0.857. The van der Waals surface area contributed by atoms with Gasteiger partial charge in [0.25, 0.3) is 5.91 Å². The maximum atomic E-state index is 12.0. The van der Waals surface area contributed by atoms with Crippen LogP contribution in [0.15, 0.2) is 30.3 Å². The number of aryl methyl sites for hydroxylation is 1. The molecule has 0 aliphatic heterocycles. The molecule has 0 bridgehead atoms. The van der Waals surface area contributed by atoms with E-state index in [1.807, 2.05) is 0 Å². The molecule has 1 heterocycles. The van der Waals surface area contributed by atoms with Crippen molar-refractivity contribution >= 4 is 23.2 Å². The number of aromatic nitrogens is 1. The number of halogens is 1. The van der Waals surface area contributed by atoms with E-state index in [2.05, 4.69) is 10.3 Å². The van der Waals surface area contributed by atoms with Crippen molar-refractivity contribution in [2.45, 2.75) is 6.92 Å². The second-order valence-electron chi connectivity index (χ2n) is 3.92. The van der Waals surface area contributed by atoms with E-state index in [0.717, 1.165) is 0 Å². The molecule has 6 heteroatoms. The number of pyridine rings is 1. The van der Waals surface area contributed by atoms with Gasteiger partial charge in [0.2, 0.25) is 0 Å². The first-order chi connectivity index (χ1) is 8.97. The molecule has 3 N–H and O–H groups in total. The topological polar surface area (TPSA) is 82.5 Å². The maximum Gasteiger partial charge on any atom is 0.259 e. The third-order valence-corrected chi connectivity index (χ3v) is 2.74. The molecule has 2 aromatic rings. The lowest BCUT2D eigenvalue weighted by Gasteiger charge is -2.09. The summed E-state index contributed by atoms with van der Waals surface area (Å²) in [5.41, 5.74) is 1.02. The lowest BCUT2D eigenvalue weighted by molar-refractivity contribution is 0.102. The third kappa shape index (κ3) is 2.95. The van der Waals surface area contributed by atoms with Crippen molar-refractivity contribution in [1.29, 1.82) is 0 Å². The molecule has 0 fully saturated rings. The molecule has 0 atom stereocenters. The number of nitrogens with zero attached hydrogens (tertiary/aromatic N) is 1. The van der Waals surface area contributed by atoms with Gasteiger partial charge in [-0.3, -0.25) is 4.79 Å². The minimum absolute atomic E-state index is 0.0191. The molecule has 0 radical (unpaired) electrons. The number of benzene rings is 1. The van der Waals surface area contributed by atoms with Crippen LogP contribution in [0.1, 0.15) is 16.1 Å². The summed E-state index contributed by atoms with van der Waals surface area (Å²) >= 11 is 5.72. The number of hydrogen-bond acceptors (Lipinski definition) is 4. The Morgan fingerprint density at radius 2 is 2.00 bits per heavy atom. The van der Waals surface area contributed by atoms with Crippen LogP contribution in [-0.2, 0) is 0 Å². The Labute approximate surface area is 114 Å². The normalized spacial score (nSPS) is 10.2. The minimum Gasteiger partial charge on any atom is -0.508 e. The minimum atomic E-state index is -0.541.